The molecule has 35 heavy (non-hydrogen) atoms. The van der Waals surface area contributed by atoms with Gasteiger partial charge in [-0.15, -0.1) is 0 Å². The Balaban J connectivity index is 1.59. The van der Waals surface area contributed by atoms with Crippen LogP contribution in [0, 0.1) is 0 Å². The van der Waals surface area contributed by atoms with Gasteiger partial charge in [0.05, 0.1) is 39.7 Å². The molecule has 0 radical (unpaired) electrons. The molecule has 2 N–H and O–H groups in total. The summed E-state index contributed by atoms with van der Waals surface area (Å²) in [6, 6.07) is 10.6. The average Bonchev–Trinajstić information content (AvgIpc) is 3.36. The third-order valence-corrected chi connectivity index (χ3v) is 6.62. The monoisotopic (exact) mass is 534 g/mol. The van der Waals surface area contributed by atoms with Crippen LogP contribution >= 0.6 is 34.8 Å². The molecule has 0 atom stereocenters. The molecule has 0 aliphatic carbocycles. The van der Waals surface area contributed by atoms with Crippen molar-refractivity contribution in [1.82, 2.24) is 14.5 Å². The highest BCUT2D eigenvalue weighted by Gasteiger charge is 2.18. The second-order valence-corrected chi connectivity index (χ2v) is 9.49. The number of fused-ring (bicyclic) bond motifs is 1. The molecule has 0 aliphatic heterocycles. The largest absolute Gasteiger partial charge is 0.493 e. The summed E-state index contributed by atoms with van der Waals surface area (Å²) in [7, 11) is 0. The van der Waals surface area contributed by atoms with Crippen molar-refractivity contribution in [1.29, 1.82) is 0 Å². The van der Waals surface area contributed by atoms with Crippen molar-refractivity contribution < 1.29 is 14.9 Å². The molecule has 0 unspecified atom stereocenters. The number of hydrogen-bond acceptors (Lipinski definition) is 6. The molecule has 10 heteroatoms. The zero-order valence-corrected chi connectivity index (χ0v) is 21.5. The third-order valence-electron chi connectivity index (χ3n) is 5.59. The fourth-order valence-electron chi connectivity index (χ4n) is 3.87. The van der Waals surface area contributed by atoms with Crippen LogP contribution in [-0.2, 0) is 0 Å². The average molecular weight is 536 g/mol. The van der Waals surface area contributed by atoms with Gasteiger partial charge in [-0.1, -0.05) is 34.8 Å². The van der Waals surface area contributed by atoms with Crippen LogP contribution in [0.4, 0.5) is 5.82 Å². The summed E-state index contributed by atoms with van der Waals surface area (Å²) < 4.78 is 7.75. The van der Waals surface area contributed by atoms with Crippen molar-refractivity contribution >= 4 is 51.5 Å². The normalized spacial score (nSPS) is 11.6. The molecule has 0 spiro atoms. The van der Waals surface area contributed by atoms with Gasteiger partial charge in [-0.3, -0.25) is 0 Å². The number of hydrogen-bond donors (Lipinski definition) is 2. The minimum atomic E-state index is -1.67. The van der Waals surface area contributed by atoms with Crippen molar-refractivity contribution in [2.45, 2.75) is 32.6 Å². The van der Waals surface area contributed by atoms with E-state index in [9.17, 15) is 10.2 Å². The molecule has 4 rings (SSSR count). The molecule has 184 valence electrons. The van der Waals surface area contributed by atoms with Crippen LogP contribution < -0.4 is 9.64 Å². The van der Waals surface area contributed by atoms with Crippen LogP contribution in [0.25, 0.3) is 16.6 Å². The SMILES string of the molecule is CC(C)N(CCCOc1ccc(Cl)cc1C(O)O)c1cc(-n2ccnc2)c2ccc(Cl)c(Cl)c2n1. The molecule has 0 saturated heterocycles. The smallest absolute Gasteiger partial charge is 0.182 e. The Kier molecular flexibility index (Phi) is 8.04. The second kappa shape index (κ2) is 11.0. The molecule has 0 bridgehead atoms. The number of anilines is 1. The maximum Gasteiger partial charge on any atom is 0.182 e. The lowest BCUT2D eigenvalue weighted by molar-refractivity contribution is -0.0442. The number of benzene rings is 2. The highest BCUT2D eigenvalue weighted by molar-refractivity contribution is 6.45. The summed E-state index contributed by atoms with van der Waals surface area (Å²) in [5.41, 5.74) is 1.74. The summed E-state index contributed by atoms with van der Waals surface area (Å²) in [5, 5.41) is 21.3. The lowest BCUT2D eigenvalue weighted by Gasteiger charge is -2.29. The molecule has 0 fully saturated rings. The molecule has 2 aromatic carbocycles. The van der Waals surface area contributed by atoms with E-state index in [0.717, 1.165) is 16.9 Å². The van der Waals surface area contributed by atoms with E-state index in [4.69, 9.17) is 44.5 Å². The number of pyridine rings is 1. The maximum absolute atomic E-state index is 9.60. The minimum Gasteiger partial charge on any atom is -0.493 e. The van der Waals surface area contributed by atoms with E-state index < -0.39 is 6.29 Å². The van der Waals surface area contributed by atoms with Crippen molar-refractivity contribution in [3.8, 4) is 11.4 Å². The van der Waals surface area contributed by atoms with Crippen LogP contribution in [0.2, 0.25) is 15.1 Å². The number of nitrogens with zero attached hydrogens (tertiary/aromatic N) is 4. The zero-order valence-electron chi connectivity index (χ0n) is 19.2. The van der Waals surface area contributed by atoms with Gasteiger partial charge in [0.2, 0.25) is 0 Å². The molecular formula is C25H25Cl3N4O3. The molecule has 4 aromatic rings. The maximum atomic E-state index is 9.60. The number of imidazole rings is 1. The topological polar surface area (TPSA) is 83.6 Å². The number of rotatable bonds is 9. The Labute approximate surface area is 218 Å². The Morgan fingerprint density at radius 2 is 1.89 bits per heavy atom. The summed E-state index contributed by atoms with van der Waals surface area (Å²) in [5.74, 6) is 1.13. The number of aromatic nitrogens is 3. The number of aliphatic hydroxyl groups excluding tert-OH is 1. The van der Waals surface area contributed by atoms with Crippen molar-refractivity contribution in [3.63, 3.8) is 0 Å². The van der Waals surface area contributed by atoms with Gasteiger partial charge in [-0.25, -0.2) is 9.97 Å². The lowest BCUT2D eigenvalue weighted by Crippen LogP contribution is -2.33. The lowest BCUT2D eigenvalue weighted by atomic mass is 10.1. The third kappa shape index (κ3) is 5.66. The van der Waals surface area contributed by atoms with Crippen LogP contribution in [0.5, 0.6) is 5.75 Å². The fraction of sp³-hybridized carbons (Fsp3) is 0.280. The highest BCUT2D eigenvalue weighted by atomic mass is 35.5. The van der Waals surface area contributed by atoms with E-state index in [1.54, 1.807) is 30.7 Å². The molecule has 2 heterocycles. The molecule has 2 aromatic heterocycles. The first-order valence-electron chi connectivity index (χ1n) is 11.1. The molecular weight excluding hydrogens is 511 g/mol. The van der Waals surface area contributed by atoms with Gasteiger partial charge >= 0.3 is 0 Å². The van der Waals surface area contributed by atoms with Gasteiger partial charge < -0.3 is 24.4 Å². The van der Waals surface area contributed by atoms with Gasteiger partial charge in [0.25, 0.3) is 0 Å². The Hall–Kier alpha value is -2.55. The quantitative estimate of drug-likeness (QED) is 0.201. The minimum absolute atomic E-state index is 0.138. The van der Waals surface area contributed by atoms with E-state index in [-0.39, 0.29) is 11.6 Å². The first-order chi connectivity index (χ1) is 16.8. The predicted molar refractivity (Wildman–Crippen MR) is 140 cm³/mol. The van der Waals surface area contributed by atoms with Crippen LogP contribution in [0.15, 0.2) is 55.1 Å². The first-order valence-corrected chi connectivity index (χ1v) is 12.2. The first kappa shape index (κ1) is 25.5. The Morgan fingerprint density at radius 3 is 2.57 bits per heavy atom. The van der Waals surface area contributed by atoms with Crippen molar-refractivity contribution in [2.75, 3.05) is 18.1 Å². The van der Waals surface area contributed by atoms with E-state index in [1.165, 1.54) is 6.07 Å². The van der Waals surface area contributed by atoms with Gasteiger partial charge in [0, 0.05) is 41.5 Å². The molecule has 7 nitrogen and oxygen atoms in total. The fourth-order valence-corrected chi connectivity index (χ4v) is 4.41. The molecule has 0 aliphatic rings. The van der Waals surface area contributed by atoms with E-state index in [2.05, 4.69) is 23.7 Å². The number of ether oxygens (including phenoxy) is 1. The van der Waals surface area contributed by atoms with Crippen molar-refractivity contribution in [2.24, 2.45) is 0 Å². The summed E-state index contributed by atoms with van der Waals surface area (Å²) >= 11 is 18.8. The highest BCUT2D eigenvalue weighted by Crippen LogP contribution is 2.35. The van der Waals surface area contributed by atoms with E-state index >= 15 is 0 Å². The standard InChI is InChI=1S/C25H25Cl3N4O3/c1-15(2)32(9-3-11-35-21-7-4-16(26)12-18(21)25(33)34)22-13-20(31-10-8-29-14-31)17-5-6-19(27)23(28)24(17)30-22/h4-8,10,12-15,25,33-34H,3,9,11H2,1-2H3. The zero-order chi connectivity index (χ0) is 25.1. The van der Waals surface area contributed by atoms with Crippen LogP contribution in [0.1, 0.15) is 32.1 Å². The summed E-state index contributed by atoms with van der Waals surface area (Å²) in [6.45, 7) is 5.17. The van der Waals surface area contributed by atoms with Gasteiger partial charge in [0.15, 0.2) is 6.29 Å². The molecule has 0 saturated carbocycles. The van der Waals surface area contributed by atoms with E-state index in [0.29, 0.717) is 45.9 Å². The second-order valence-electron chi connectivity index (χ2n) is 8.27. The summed E-state index contributed by atoms with van der Waals surface area (Å²) in [6.07, 6.45) is 4.30. The Morgan fingerprint density at radius 1 is 1.09 bits per heavy atom. The van der Waals surface area contributed by atoms with Gasteiger partial charge in [-0.2, -0.15) is 0 Å². The van der Waals surface area contributed by atoms with Gasteiger partial charge in [0.1, 0.15) is 11.6 Å². The van der Waals surface area contributed by atoms with Gasteiger partial charge in [-0.05, 0) is 50.6 Å². The summed E-state index contributed by atoms with van der Waals surface area (Å²) in [4.78, 5) is 11.2. The number of aliphatic hydroxyl groups is 2. The number of halogens is 3. The van der Waals surface area contributed by atoms with E-state index in [1.807, 2.05) is 22.9 Å². The Bertz CT molecular complexity index is 1310. The van der Waals surface area contributed by atoms with Crippen LogP contribution in [0.3, 0.4) is 0 Å². The molecule has 0 amide bonds. The van der Waals surface area contributed by atoms with Crippen LogP contribution in [-0.4, -0.2) is 43.9 Å². The predicted octanol–water partition coefficient (Wildman–Crippen LogP) is 6.05. The van der Waals surface area contributed by atoms with Crippen molar-refractivity contribution in [3.05, 3.63) is 75.8 Å².